The molecule has 0 aromatic carbocycles. The van der Waals surface area contributed by atoms with E-state index in [1.807, 2.05) is 0 Å². The van der Waals surface area contributed by atoms with Crippen molar-refractivity contribution < 1.29 is 27.3 Å². The van der Waals surface area contributed by atoms with Gasteiger partial charge in [-0.1, -0.05) is 52.4 Å². The SMILES string of the molecule is CCCCCCCC.[Cd]. The topological polar surface area (TPSA) is 0 Å². The monoisotopic (exact) mass is 228 g/mol. The van der Waals surface area contributed by atoms with E-state index in [-0.39, 0.29) is 27.3 Å². The van der Waals surface area contributed by atoms with Crippen LogP contribution < -0.4 is 0 Å². The Balaban J connectivity index is 0. The molecule has 0 aromatic heterocycles. The molecule has 0 radical (unpaired) electrons. The summed E-state index contributed by atoms with van der Waals surface area (Å²) in [6.07, 6.45) is 8.49. The Morgan fingerprint density at radius 2 is 1.00 bits per heavy atom. The van der Waals surface area contributed by atoms with Crippen molar-refractivity contribution >= 4 is 0 Å². The van der Waals surface area contributed by atoms with E-state index >= 15 is 0 Å². The third-order valence-corrected chi connectivity index (χ3v) is 1.46. The Bertz CT molecular complexity index is 29.5. The average Bonchev–Trinajstić information content (AvgIpc) is 1.81. The van der Waals surface area contributed by atoms with Gasteiger partial charge in [-0.3, -0.25) is 0 Å². The quantitative estimate of drug-likeness (QED) is 0.498. The number of hydrogen-bond acceptors (Lipinski definition) is 0. The molecular weight excluding hydrogens is 208 g/mol. The van der Waals surface area contributed by atoms with E-state index < -0.39 is 0 Å². The molecule has 0 bridgehead atoms. The van der Waals surface area contributed by atoms with Crippen molar-refractivity contribution in [1.29, 1.82) is 0 Å². The van der Waals surface area contributed by atoms with Crippen molar-refractivity contribution in [2.75, 3.05) is 0 Å². The van der Waals surface area contributed by atoms with Crippen LogP contribution in [0.5, 0.6) is 0 Å². The zero-order chi connectivity index (χ0) is 6.24. The van der Waals surface area contributed by atoms with Gasteiger partial charge in [0.05, 0.1) is 0 Å². The summed E-state index contributed by atoms with van der Waals surface area (Å²) >= 11 is 0. The van der Waals surface area contributed by atoms with Gasteiger partial charge in [0.25, 0.3) is 0 Å². The fourth-order valence-electron chi connectivity index (χ4n) is 0.854. The molecule has 0 aliphatic rings. The minimum atomic E-state index is 0. The first kappa shape index (κ1) is 12.6. The number of rotatable bonds is 5. The van der Waals surface area contributed by atoms with E-state index in [1.54, 1.807) is 0 Å². The van der Waals surface area contributed by atoms with Crippen LogP contribution in [0.1, 0.15) is 52.4 Å². The predicted octanol–water partition coefficient (Wildman–Crippen LogP) is 3.36. The summed E-state index contributed by atoms with van der Waals surface area (Å²) in [4.78, 5) is 0. The first-order chi connectivity index (χ1) is 3.91. The molecule has 0 unspecified atom stereocenters. The summed E-state index contributed by atoms with van der Waals surface area (Å²) in [5.41, 5.74) is 0. The molecular formula is C8H18Cd. The van der Waals surface area contributed by atoms with Gasteiger partial charge in [0.2, 0.25) is 0 Å². The van der Waals surface area contributed by atoms with Crippen molar-refractivity contribution in [3.05, 3.63) is 0 Å². The zero-order valence-electron chi connectivity index (χ0n) is 6.95. The summed E-state index contributed by atoms with van der Waals surface area (Å²) in [5, 5.41) is 0. The fraction of sp³-hybridized carbons (Fsp3) is 1.00. The Morgan fingerprint density at radius 1 is 0.667 bits per heavy atom. The number of unbranched alkanes of at least 4 members (excludes halogenated alkanes) is 5. The van der Waals surface area contributed by atoms with Gasteiger partial charge in [-0.25, -0.2) is 0 Å². The van der Waals surface area contributed by atoms with Gasteiger partial charge in [-0.2, -0.15) is 0 Å². The maximum absolute atomic E-state index is 2.26. The van der Waals surface area contributed by atoms with Crippen LogP contribution in [0.15, 0.2) is 0 Å². The van der Waals surface area contributed by atoms with E-state index in [1.165, 1.54) is 38.5 Å². The van der Waals surface area contributed by atoms with Crippen molar-refractivity contribution in [3.8, 4) is 0 Å². The summed E-state index contributed by atoms with van der Waals surface area (Å²) in [5.74, 6) is 0. The molecule has 0 heterocycles. The Kier molecular flexibility index (Phi) is 16.3. The molecule has 0 aliphatic heterocycles. The Hall–Kier alpha value is 0.922. The van der Waals surface area contributed by atoms with Crippen molar-refractivity contribution in [1.82, 2.24) is 0 Å². The predicted molar refractivity (Wildman–Crippen MR) is 39.0 cm³/mol. The van der Waals surface area contributed by atoms with Crippen LogP contribution in [0.2, 0.25) is 0 Å². The van der Waals surface area contributed by atoms with Gasteiger partial charge >= 0.3 is 0 Å². The molecule has 1 heteroatoms. The third kappa shape index (κ3) is 12.2. The minimum Gasteiger partial charge on any atom is -0.0654 e. The molecule has 0 saturated carbocycles. The third-order valence-electron chi connectivity index (χ3n) is 1.46. The van der Waals surface area contributed by atoms with Gasteiger partial charge in [0, 0.05) is 27.3 Å². The minimum absolute atomic E-state index is 0. The molecule has 0 rings (SSSR count). The summed E-state index contributed by atoms with van der Waals surface area (Å²) < 4.78 is 0. The summed E-state index contributed by atoms with van der Waals surface area (Å²) in [6.45, 7) is 4.51. The molecule has 0 amide bonds. The van der Waals surface area contributed by atoms with E-state index in [2.05, 4.69) is 13.8 Å². The molecule has 0 atom stereocenters. The van der Waals surface area contributed by atoms with Gasteiger partial charge < -0.3 is 0 Å². The maximum atomic E-state index is 2.26. The van der Waals surface area contributed by atoms with Crippen molar-refractivity contribution in [2.24, 2.45) is 0 Å². The van der Waals surface area contributed by atoms with Crippen LogP contribution in [0.4, 0.5) is 0 Å². The van der Waals surface area contributed by atoms with Gasteiger partial charge in [0.15, 0.2) is 0 Å². The van der Waals surface area contributed by atoms with E-state index in [0.717, 1.165) is 0 Å². The second kappa shape index (κ2) is 11.7. The largest absolute Gasteiger partial charge is 0.0654 e. The molecule has 0 spiro atoms. The van der Waals surface area contributed by atoms with Crippen LogP contribution in [-0.4, -0.2) is 0 Å². The molecule has 0 saturated heterocycles. The molecule has 0 aliphatic carbocycles. The average molecular weight is 227 g/mol. The van der Waals surface area contributed by atoms with Crippen LogP contribution in [0, 0.1) is 0 Å². The summed E-state index contributed by atoms with van der Waals surface area (Å²) in [6, 6.07) is 0. The smallest absolute Gasteiger partial charge is 0 e. The van der Waals surface area contributed by atoms with E-state index in [9.17, 15) is 0 Å². The molecule has 0 aromatic rings. The van der Waals surface area contributed by atoms with Gasteiger partial charge in [-0.05, 0) is 0 Å². The standard InChI is InChI=1S/C8H18.Cd/c1-3-5-7-8-6-4-2;/h3-8H2,1-2H3;. The van der Waals surface area contributed by atoms with E-state index in [4.69, 9.17) is 0 Å². The molecule has 9 heavy (non-hydrogen) atoms. The first-order valence-corrected chi connectivity index (χ1v) is 3.91. The second-order valence-corrected chi connectivity index (χ2v) is 2.41. The molecule has 0 N–H and O–H groups in total. The first-order valence-electron chi connectivity index (χ1n) is 3.91. The van der Waals surface area contributed by atoms with Crippen molar-refractivity contribution in [3.63, 3.8) is 0 Å². The fourth-order valence-corrected chi connectivity index (χ4v) is 0.854. The number of hydrogen-bond donors (Lipinski definition) is 0. The van der Waals surface area contributed by atoms with Gasteiger partial charge in [0.1, 0.15) is 0 Å². The van der Waals surface area contributed by atoms with Crippen LogP contribution in [-0.2, 0) is 27.3 Å². The zero-order valence-corrected chi connectivity index (χ0v) is 11.0. The maximum Gasteiger partial charge on any atom is 0 e. The van der Waals surface area contributed by atoms with E-state index in [0.29, 0.717) is 0 Å². The Morgan fingerprint density at radius 3 is 1.22 bits per heavy atom. The molecule has 52 valence electrons. The van der Waals surface area contributed by atoms with Crippen LogP contribution in [0.3, 0.4) is 0 Å². The van der Waals surface area contributed by atoms with Crippen LogP contribution in [0.25, 0.3) is 0 Å². The van der Waals surface area contributed by atoms with Gasteiger partial charge in [-0.15, -0.1) is 0 Å². The molecule has 0 nitrogen and oxygen atoms in total. The second-order valence-electron chi connectivity index (χ2n) is 2.41. The Labute approximate surface area is 79.6 Å². The molecule has 0 fully saturated rings. The normalized spacial score (nSPS) is 8.67. The van der Waals surface area contributed by atoms with Crippen LogP contribution >= 0.6 is 0 Å². The summed E-state index contributed by atoms with van der Waals surface area (Å²) in [7, 11) is 0. The van der Waals surface area contributed by atoms with Crippen molar-refractivity contribution in [2.45, 2.75) is 52.4 Å².